The van der Waals surface area contributed by atoms with E-state index in [-0.39, 0.29) is 11.8 Å². The molecule has 0 bridgehead atoms. The number of rotatable bonds is 6. The number of carbonyl (C=O) groups excluding carboxylic acids is 2. The zero-order valence-corrected chi connectivity index (χ0v) is 18.2. The summed E-state index contributed by atoms with van der Waals surface area (Å²) in [6.07, 6.45) is 4.75. The van der Waals surface area contributed by atoms with Crippen LogP contribution in [-0.2, 0) is 9.53 Å². The number of hydrogen-bond acceptors (Lipinski definition) is 4. The van der Waals surface area contributed by atoms with Gasteiger partial charge in [0.15, 0.2) is 0 Å². The van der Waals surface area contributed by atoms with Crippen molar-refractivity contribution in [1.29, 1.82) is 0 Å². The topological polar surface area (TPSA) is 67.9 Å². The van der Waals surface area contributed by atoms with Crippen molar-refractivity contribution in [1.82, 2.24) is 4.90 Å². The Morgan fingerprint density at radius 3 is 2.61 bits per heavy atom. The molecule has 4 rings (SSSR count). The van der Waals surface area contributed by atoms with Crippen LogP contribution in [0.4, 0.5) is 5.69 Å². The van der Waals surface area contributed by atoms with Crippen LogP contribution in [0.3, 0.4) is 0 Å². The molecule has 2 aromatic rings. The number of hydrogen-bond donors (Lipinski definition) is 1. The molecule has 0 unspecified atom stereocenters. The monoisotopic (exact) mass is 422 g/mol. The van der Waals surface area contributed by atoms with Gasteiger partial charge in [-0.25, -0.2) is 0 Å². The zero-order valence-electron chi connectivity index (χ0n) is 18.2. The first-order valence-corrected chi connectivity index (χ1v) is 11.0. The third kappa shape index (κ3) is 3.92. The van der Waals surface area contributed by atoms with Gasteiger partial charge in [0.05, 0.1) is 25.2 Å². The molecule has 2 aliphatic rings. The second kappa shape index (κ2) is 9.10. The Morgan fingerprint density at radius 2 is 1.87 bits per heavy atom. The van der Waals surface area contributed by atoms with E-state index in [0.29, 0.717) is 30.2 Å². The van der Waals surface area contributed by atoms with E-state index in [4.69, 9.17) is 9.47 Å². The van der Waals surface area contributed by atoms with Crippen molar-refractivity contribution in [3.8, 4) is 5.75 Å². The summed E-state index contributed by atoms with van der Waals surface area (Å²) in [5.74, 6) is 0.161. The van der Waals surface area contributed by atoms with E-state index in [9.17, 15) is 9.59 Å². The lowest BCUT2D eigenvalue weighted by molar-refractivity contribution is -0.122. The number of fused-ring (bicyclic) bond motifs is 1. The van der Waals surface area contributed by atoms with E-state index in [1.807, 2.05) is 53.4 Å². The minimum Gasteiger partial charge on any atom is -0.497 e. The molecule has 0 saturated heterocycles. The minimum absolute atomic E-state index is 0.0000182. The molecule has 0 aromatic heterocycles. The summed E-state index contributed by atoms with van der Waals surface area (Å²) in [4.78, 5) is 29.3. The maximum absolute atomic E-state index is 13.8. The minimum atomic E-state index is -0.537. The Labute approximate surface area is 183 Å². The van der Waals surface area contributed by atoms with Crippen molar-refractivity contribution < 1.29 is 19.1 Å². The summed E-state index contributed by atoms with van der Waals surface area (Å²) in [7, 11) is 3.25. The first-order chi connectivity index (χ1) is 15.1. The predicted octanol–water partition coefficient (Wildman–Crippen LogP) is 4.22. The maximum Gasteiger partial charge on any atom is 0.254 e. The summed E-state index contributed by atoms with van der Waals surface area (Å²) in [5.41, 5.74) is 1.59. The molecule has 1 fully saturated rings. The van der Waals surface area contributed by atoms with E-state index < -0.39 is 11.5 Å². The molecule has 2 aromatic carbocycles. The van der Waals surface area contributed by atoms with Crippen LogP contribution in [0.1, 0.15) is 53.9 Å². The van der Waals surface area contributed by atoms with Crippen molar-refractivity contribution in [2.24, 2.45) is 0 Å². The lowest BCUT2D eigenvalue weighted by Gasteiger charge is -2.53. The third-order valence-corrected chi connectivity index (χ3v) is 6.66. The molecule has 1 N–H and O–H groups in total. The first kappa shape index (κ1) is 21.4. The van der Waals surface area contributed by atoms with Gasteiger partial charge in [-0.1, -0.05) is 43.5 Å². The molecule has 1 saturated carbocycles. The number of nitrogens with one attached hydrogen (secondary N) is 1. The fraction of sp³-hybridized carbons (Fsp3) is 0.440. The van der Waals surface area contributed by atoms with Gasteiger partial charge in [0.25, 0.3) is 5.91 Å². The SMILES string of the molecule is COCCN1C(=O)c2ccccc2[C@@H](C(=O)Nc2cccc(OC)c2)C12CCCCC2. The number of methoxy groups -OCH3 is 2. The quantitative estimate of drug-likeness (QED) is 0.757. The van der Waals surface area contributed by atoms with Gasteiger partial charge >= 0.3 is 0 Å². The fourth-order valence-corrected chi connectivity index (χ4v) is 5.27. The highest BCUT2D eigenvalue weighted by Crippen LogP contribution is 2.49. The van der Waals surface area contributed by atoms with Gasteiger partial charge in [-0.2, -0.15) is 0 Å². The van der Waals surface area contributed by atoms with Crippen LogP contribution in [-0.4, -0.2) is 49.6 Å². The van der Waals surface area contributed by atoms with E-state index in [1.54, 1.807) is 14.2 Å². The third-order valence-electron chi connectivity index (χ3n) is 6.66. The number of amides is 2. The van der Waals surface area contributed by atoms with Gasteiger partial charge < -0.3 is 19.7 Å². The summed E-state index contributed by atoms with van der Waals surface area (Å²) < 4.78 is 10.6. The number of ether oxygens (including phenoxy) is 2. The number of benzene rings is 2. The highest BCUT2D eigenvalue weighted by Gasteiger charge is 2.54. The fourth-order valence-electron chi connectivity index (χ4n) is 5.27. The molecule has 2 amide bonds. The van der Waals surface area contributed by atoms with Gasteiger partial charge in [-0.15, -0.1) is 0 Å². The Bertz CT molecular complexity index is 952. The zero-order chi connectivity index (χ0) is 21.8. The lowest BCUT2D eigenvalue weighted by Crippen LogP contribution is -2.62. The number of carbonyl (C=O) groups is 2. The van der Waals surface area contributed by atoms with Gasteiger partial charge in [0, 0.05) is 31.0 Å². The molecule has 1 aliphatic carbocycles. The largest absolute Gasteiger partial charge is 0.497 e. The van der Waals surface area contributed by atoms with E-state index in [0.717, 1.165) is 37.7 Å². The lowest BCUT2D eigenvalue weighted by atomic mass is 9.65. The average molecular weight is 423 g/mol. The Balaban J connectivity index is 1.78. The molecule has 1 heterocycles. The van der Waals surface area contributed by atoms with Crippen molar-refractivity contribution in [3.05, 3.63) is 59.7 Å². The molecule has 31 heavy (non-hydrogen) atoms. The summed E-state index contributed by atoms with van der Waals surface area (Å²) in [6.45, 7) is 0.923. The van der Waals surface area contributed by atoms with E-state index >= 15 is 0 Å². The molecule has 164 valence electrons. The Morgan fingerprint density at radius 1 is 1.10 bits per heavy atom. The van der Waals surface area contributed by atoms with Crippen molar-refractivity contribution in [3.63, 3.8) is 0 Å². The van der Waals surface area contributed by atoms with Crippen LogP contribution < -0.4 is 10.1 Å². The molecule has 1 aliphatic heterocycles. The van der Waals surface area contributed by atoms with Crippen LogP contribution in [0, 0.1) is 0 Å². The highest BCUT2D eigenvalue weighted by molar-refractivity contribution is 6.05. The molecule has 6 heteroatoms. The second-order valence-corrected chi connectivity index (χ2v) is 8.36. The molecule has 1 atom stereocenters. The van der Waals surface area contributed by atoms with Crippen LogP contribution in [0.5, 0.6) is 5.75 Å². The number of anilines is 1. The Kier molecular flexibility index (Phi) is 6.28. The van der Waals surface area contributed by atoms with Crippen molar-refractivity contribution in [2.45, 2.75) is 43.6 Å². The van der Waals surface area contributed by atoms with Crippen molar-refractivity contribution >= 4 is 17.5 Å². The van der Waals surface area contributed by atoms with E-state index in [2.05, 4.69) is 5.32 Å². The Hall–Kier alpha value is -2.86. The van der Waals surface area contributed by atoms with Gasteiger partial charge in [-0.05, 0) is 36.6 Å². The van der Waals surface area contributed by atoms with Gasteiger partial charge in [0.2, 0.25) is 5.91 Å². The summed E-state index contributed by atoms with van der Waals surface area (Å²) >= 11 is 0. The standard InChI is InChI=1S/C25H30N2O4/c1-30-16-15-27-24(29)21-12-5-4-11-20(21)22(25(27)13-6-3-7-14-25)23(28)26-18-9-8-10-19(17-18)31-2/h4-5,8-12,17,22H,3,6-7,13-16H2,1-2H3,(H,26,28)/t22-/m0/s1. The molecular weight excluding hydrogens is 392 g/mol. The first-order valence-electron chi connectivity index (χ1n) is 11.0. The van der Waals surface area contributed by atoms with Gasteiger partial charge in [-0.3, -0.25) is 9.59 Å². The molecule has 0 radical (unpaired) electrons. The second-order valence-electron chi connectivity index (χ2n) is 8.36. The van der Waals surface area contributed by atoms with Crippen LogP contribution in [0.25, 0.3) is 0 Å². The maximum atomic E-state index is 13.8. The van der Waals surface area contributed by atoms with Gasteiger partial charge in [0.1, 0.15) is 5.75 Å². The average Bonchev–Trinajstić information content (AvgIpc) is 2.80. The summed E-state index contributed by atoms with van der Waals surface area (Å²) in [5, 5.41) is 3.10. The van der Waals surface area contributed by atoms with Crippen LogP contribution in [0.15, 0.2) is 48.5 Å². The number of nitrogens with zero attached hydrogens (tertiary/aromatic N) is 1. The van der Waals surface area contributed by atoms with Crippen molar-refractivity contribution in [2.75, 3.05) is 32.7 Å². The smallest absolute Gasteiger partial charge is 0.254 e. The molecule has 1 spiro atoms. The predicted molar refractivity (Wildman–Crippen MR) is 120 cm³/mol. The van der Waals surface area contributed by atoms with E-state index in [1.165, 1.54) is 0 Å². The molecule has 6 nitrogen and oxygen atoms in total. The molecular formula is C25H30N2O4. The highest BCUT2D eigenvalue weighted by atomic mass is 16.5. The normalized spacial score (nSPS) is 19.7. The van der Waals surface area contributed by atoms with Crippen LogP contribution >= 0.6 is 0 Å². The van der Waals surface area contributed by atoms with Crippen LogP contribution in [0.2, 0.25) is 0 Å². The summed E-state index contributed by atoms with van der Waals surface area (Å²) in [6, 6.07) is 14.9.